The number of carbonyl (C=O) groups excluding carboxylic acids is 2. The number of aliphatic hydroxyl groups excluding tert-OH is 1. The number of carbonyl (C=O) groups is 2. The Labute approximate surface area is 285 Å². The number of allylic oxidation sites excluding steroid dienone is 1. The maximum absolute atomic E-state index is 15.1. The van der Waals surface area contributed by atoms with E-state index < -0.39 is 25.3 Å². The third-order valence-corrected chi connectivity index (χ3v) is 15.3. The molecule has 0 radical (unpaired) electrons. The van der Waals surface area contributed by atoms with Gasteiger partial charge in [-0.05, 0) is 61.7 Å². The summed E-state index contributed by atoms with van der Waals surface area (Å²) in [6.45, 7) is 13.4. The molecule has 254 valence electrons. The minimum absolute atomic E-state index is 0.0933. The number of ether oxygens (including phenoxy) is 3. The fourth-order valence-corrected chi connectivity index (χ4v) is 12.7. The van der Waals surface area contributed by atoms with Crippen molar-refractivity contribution in [1.29, 1.82) is 0 Å². The van der Waals surface area contributed by atoms with Crippen molar-refractivity contribution in [2.45, 2.75) is 76.5 Å². The molecule has 3 aliphatic rings. The van der Waals surface area contributed by atoms with E-state index in [1.54, 1.807) is 19.1 Å². The fourth-order valence-electron chi connectivity index (χ4n) is 8.69. The van der Waals surface area contributed by atoms with Gasteiger partial charge in [0.1, 0.15) is 11.5 Å². The monoisotopic (exact) mass is 668 g/mol. The number of hydrogen-bond acceptors (Lipinski definition) is 6. The predicted octanol–water partition coefficient (Wildman–Crippen LogP) is 5.87. The zero-order chi connectivity index (χ0) is 34.6. The number of aliphatic hydroxyl groups is 1. The summed E-state index contributed by atoms with van der Waals surface area (Å²) in [5.74, 6) is 0.985. The predicted molar refractivity (Wildman–Crippen MR) is 191 cm³/mol. The lowest BCUT2D eigenvalue weighted by atomic mass is 9.81. The molecule has 1 saturated heterocycles. The van der Waals surface area contributed by atoms with Crippen molar-refractivity contribution < 1.29 is 28.9 Å². The van der Waals surface area contributed by atoms with Gasteiger partial charge < -0.3 is 24.2 Å². The highest BCUT2D eigenvalue weighted by atomic mass is 28.3. The van der Waals surface area contributed by atoms with Crippen LogP contribution in [0.3, 0.4) is 0 Å². The summed E-state index contributed by atoms with van der Waals surface area (Å²) < 4.78 is 18.5. The van der Waals surface area contributed by atoms with Gasteiger partial charge in [-0.15, -0.1) is 0 Å². The van der Waals surface area contributed by atoms with Crippen molar-refractivity contribution in [1.82, 2.24) is 4.90 Å². The van der Waals surface area contributed by atoms with Crippen LogP contribution in [-0.2, 0) is 26.5 Å². The van der Waals surface area contributed by atoms with Crippen molar-refractivity contribution in [2.75, 3.05) is 32.3 Å². The summed E-state index contributed by atoms with van der Waals surface area (Å²) in [5.41, 5.74) is 2.73. The van der Waals surface area contributed by atoms with E-state index in [0.717, 1.165) is 33.7 Å². The van der Waals surface area contributed by atoms with Crippen molar-refractivity contribution in [3.63, 3.8) is 0 Å². The van der Waals surface area contributed by atoms with Gasteiger partial charge in [-0.1, -0.05) is 73.7 Å². The van der Waals surface area contributed by atoms with Crippen LogP contribution < -0.4 is 19.6 Å². The molecule has 1 N–H and O–H groups in total. The van der Waals surface area contributed by atoms with Crippen molar-refractivity contribution >= 4 is 36.3 Å². The summed E-state index contributed by atoms with van der Waals surface area (Å²) >= 11 is 0. The van der Waals surface area contributed by atoms with E-state index in [0.29, 0.717) is 12.3 Å². The number of methoxy groups -OCH3 is 2. The number of hydrogen-bond donors (Lipinski definition) is 1. The molecule has 3 aromatic rings. The lowest BCUT2D eigenvalue weighted by Crippen LogP contribution is -2.54. The number of nitrogens with zero attached hydrogens (tertiary/aromatic N) is 2. The lowest BCUT2D eigenvalue weighted by Gasteiger charge is -2.40. The largest absolute Gasteiger partial charge is 0.497 e. The fraction of sp³-hybridized carbons (Fsp3) is 0.436. The second kappa shape index (κ2) is 12.5. The van der Waals surface area contributed by atoms with Crippen LogP contribution in [-0.4, -0.2) is 68.9 Å². The molecule has 6 rings (SSSR count). The molecule has 0 unspecified atom stereocenters. The normalized spacial score (nSPS) is 24.0. The minimum Gasteiger partial charge on any atom is -0.497 e. The number of amides is 2. The van der Waals surface area contributed by atoms with E-state index in [2.05, 4.69) is 59.0 Å². The Hall–Kier alpha value is -3.92. The standard InChI is InChI=1S/C39H48N2O6Si/c1-25-23-38(3,4)41-35-31(25)20-29(46-6)21-32(35)39(37(41)44)26(2)36(48(7,8)30-16-14-28(45-5)15-17-30)33(47-39)22-34(43)40(18-19-42)24-27-12-10-9-11-13-27/h9-17,20-21,23,26,33,36,42H,18-19,22,24H2,1-8H3/t26-,33+,36-,39+/m1/s1. The molecule has 48 heavy (non-hydrogen) atoms. The van der Waals surface area contributed by atoms with Crippen LogP contribution in [0.1, 0.15) is 50.8 Å². The summed E-state index contributed by atoms with van der Waals surface area (Å²) in [6, 6.07) is 22.0. The van der Waals surface area contributed by atoms with Gasteiger partial charge in [-0.2, -0.15) is 0 Å². The topological polar surface area (TPSA) is 88.5 Å². The second-order valence-corrected chi connectivity index (χ2v) is 19.3. The Bertz CT molecular complexity index is 1740. The third-order valence-electron chi connectivity index (χ3n) is 10.9. The van der Waals surface area contributed by atoms with E-state index in [9.17, 15) is 9.90 Å². The lowest BCUT2D eigenvalue weighted by molar-refractivity contribution is -0.150. The Morgan fingerprint density at radius 1 is 1.02 bits per heavy atom. The van der Waals surface area contributed by atoms with E-state index in [1.807, 2.05) is 59.5 Å². The first-order chi connectivity index (χ1) is 22.8. The number of fused-ring (bicyclic) bond motifs is 1. The van der Waals surface area contributed by atoms with Gasteiger partial charge in [-0.25, -0.2) is 0 Å². The van der Waals surface area contributed by atoms with Crippen LogP contribution >= 0.6 is 0 Å². The third kappa shape index (κ3) is 5.36. The van der Waals surface area contributed by atoms with Gasteiger partial charge in [0.05, 0.1) is 52.7 Å². The summed E-state index contributed by atoms with van der Waals surface area (Å²) in [7, 11) is 0.840. The van der Waals surface area contributed by atoms with E-state index in [4.69, 9.17) is 14.2 Å². The Morgan fingerprint density at radius 2 is 1.69 bits per heavy atom. The van der Waals surface area contributed by atoms with E-state index in [-0.39, 0.29) is 42.8 Å². The maximum Gasteiger partial charge on any atom is 0.265 e. The Morgan fingerprint density at radius 3 is 2.31 bits per heavy atom. The molecule has 3 aromatic carbocycles. The molecule has 9 heteroatoms. The molecule has 0 aromatic heterocycles. The highest BCUT2D eigenvalue weighted by Gasteiger charge is 2.68. The van der Waals surface area contributed by atoms with Gasteiger partial charge >= 0.3 is 0 Å². The molecular weight excluding hydrogens is 621 g/mol. The number of anilines is 1. The van der Waals surface area contributed by atoms with Crippen LogP contribution in [0, 0.1) is 5.92 Å². The first kappa shape index (κ1) is 34.0. The van der Waals surface area contributed by atoms with Crippen LogP contribution in [0.5, 0.6) is 11.5 Å². The Kier molecular flexibility index (Phi) is 8.85. The molecule has 0 bridgehead atoms. The number of rotatable bonds is 10. The van der Waals surface area contributed by atoms with Crippen LogP contribution in [0.2, 0.25) is 18.6 Å². The van der Waals surface area contributed by atoms with Crippen LogP contribution in [0.4, 0.5) is 5.69 Å². The van der Waals surface area contributed by atoms with Gasteiger partial charge in [-0.3, -0.25) is 14.5 Å². The SMILES string of the molecule is COc1ccc([Si](C)(C)[C@H]2[C@H](CC(=O)N(CCO)Cc3ccccc3)O[C@@]3(C(=O)N4c5c(cc(OC)cc53)C(C)=CC4(C)C)[C@@H]2C)cc1. The first-order valence-electron chi connectivity index (χ1n) is 16.8. The molecule has 3 heterocycles. The van der Waals surface area contributed by atoms with Gasteiger partial charge in [0.2, 0.25) is 5.91 Å². The molecule has 0 saturated carbocycles. The number of benzene rings is 3. The molecular formula is C39H48N2O6Si. The van der Waals surface area contributed by atoms with Gasteiger partial charge in [0.15, 0.2) is 5.60 Å². The first-order valence-corrected chi connectivity index (χ1v) is 19.9. The molecule has 0 aliphatic carbocycles. The van der Waals surface area contributed by atoms with Gasteiger partial charge in [0, 0.05) is 30.1 Å². The highest BCUT2D eigenvalue weighted by Crippen LogP contribution is 2.63. The van der Waals surface area contributed by atoms with Crippen molar-refractivity contribution in [3.8, 4) is 11.5 Å². The van der Waals surface area contributed by atoms with Gasteiger partial charge in [0.25, 0.3) is 5.91 Å². The molecule has 1 spiro atoms. The summed E-state index contributed by atoms with van der Waals surface area (Å²) in [6.07, 6.45) is 1.69. The maximum atomic E-state index is 15.1. The summed E-state index contributed by atoms with van der Waals surface area (Å²) in [4.78, 5) is 33.0. The molecule has 3 aliphatic heterocycles. The van der Waals surface area contributed by atoms with Crippen molar-refractivity contribution in [2.24, 2.45) is 5.92 Å². The average Bonchev–Trinajstić information content (AvgIpc) is 3.50. The average molecular weight is 669 g/mol. The Balaban J connectivity index is 1.48. The van der Waals surface area contributed by atoms with Crippen LogP contribution in [0.15, 0.2) is 72.8 Å². The molecule has 4 atom stereocenters. The highest BCUT2D eigenvalue weighted by molar-refractivity contribution is 6.91. The molecule has 2 amide bonds. The van der Waals surface area contributed by atoms with E-state index >= 15 is 4.79 Å². The molecule has 1 fully saturated rings. The second-order valence-electron chi connectivity index (χ2n) is 14.6. The van der Waals surface area contributed by atoms with Crippen molar-refractivity contribution in [3.05, 3.63) is 89.5 Å². The van der Waals surface area contributed by atoms with E-state index in [1.165, 1.54) is 5.19 Å². The smallest absolute Gasteiger partial charge is 0.265 e. The zero-order valence-electron chi connectivity index (χ0n) is 29.4. The molecule has 8 nitrogen and oxygen atoms in total. The quantitative estimate of drug-likeness (QED) is 0.272. The van der Waals surface area contributed by atoms with Crippen LogP contribution in [0.25, 0.3) is 5.57 Å². The zero-order valence-corrected chi connectivity index (χ0v) is 30.4. The minimum atomic E-state index is -2.46. The summed E-state index contributed by atoms with van der Waals surface area (Å²) in [5, 5.41) is 11.2.